The Bertz CT molecular complexity index is 560. The molecule has 0 unspecified atom stereocenters. The molecule has 86 valence electrons. The average Bonchev–Trinajstić information content (AvgIpc) is 2.32. The van der Waals surface area contributed by atoms with E-state index in [1.165, 1.54) is 30.5 Å². The maximum absolute atomic E-state index is 13.3. The van der Waals surface area contributed by atoms with Crippen molar-refractivity contribution < 1.29 is 19.0 Å². The van der Waals surface area contributed by atoms with Crippen LogP contribution in [0.3, 0.4) is 0 Å². The van der Waals surface area contributed by atoms with Crippen molar-refractivity contribution in [1.29, 1.82) is 0 Å². The summed E-state index contributed by atoms with van der Waals surface area (Å²) in [6.45, 7) is 0. The molecule has 1 aromatic heterocycles. The van der Waals surface area contributed by atoms with E-state index in [4.69, 9.17) is 9.84 Å². The number of hydrogen-bond acceptors (Lipinski definition) is 4. The molecule has 0 fully saturated rings. The van der Waals surface area contributed by atoms with Crippen molar-refractivity contribution in [3.05, 3.63) is 48.0 Å². The van der Waals surface area contributed by atoms with Gasteiger partial charge < -0.3 is 9.84 Å². The molecule has 5 nitrogen and oxygen atoms in total. The monoisotopic (exact) mass is 234 g/mol. The van der Waals surface area contributed by atoms with Crippen LogP contribution < -0.4 is 4.74 Å². The molecule has 0 amide bonds. The number of benzene rings is 1. The molecule has 0 aliphatic rings. The van der Waals surface area contributed by atoms with Crippen LogP contribution >= 0.6 is 0 Å². The van der Waals surface area contributed by atoms with E-state index >= 15 is 0 Å². The largest absolute Gasteiger partial charge is 0.476 e. The molecule has 0 radical (unpaired) electrons. The number of para-hydroxylation sites is 1. The fraction of sp³-hybridized carbons (Fsp3) is 0. The molecule has 0 saturated carbocycles. The van der Waals surface area contributed by atoms with Crippen LogP contribution in [0, 0.1) is 5.82 Å². The highest BCUT2D eigenvalue weighted by Gasteiger charge is 2.09. The molecular formula is C11H7FN2O3. The zero-order valence-electron chi connectivity index (χ0n) is 8.50. The zero-order chi connectivity index (χ0) is 12.3. The quantitative estimate of drug-likeness (QED) is 0.880. The minimum Gasteiger partial charge on any atom is -0.476 e. The highest BCUT2D eigenvalue weighted by atomic mass is 19.1. The summed E-state index contributed by atoms with van der Waals surface area (Å²) >= 11 is 0. The number of aromatic nitrogens is 2. The fourth-order valence-corrected chi connectivity index (χ4v) is 1.16. The number of halogens is 1. The number of nitrogens with zero attached hydrogens (tertiary/aromatic N) is 2. The number of carboxylic acids is 1. The van der Waals surface area contributed by atoms with Gasteiger partial charge in [0, 0.05) is 6.07 Å². The number of carbonyl (C=O) groups is 1. The van der Waals surface area contributed by atoms with Gasteiger partial charge in [0.05, 0.1) is 6.20 Å². The number of ether oxygens (including phenoxy) is 1. The van der Waals surface area contributed by atoms with Gasteiger partial charge in [0.25, 0.3) is 0 Å². The molecule has 1 heterocycles. The Hall–Kier alpha value is -2.50. The molecule has 2 aromatic rings. The smallest absolute Gasteiger partial charge is 0.356 e. The summed E-state index contributed by atoms with van der Waals surface area (Å²) in [7, 11) is 0. The van der Waals surface area contributed by atoms with Gasteiger partial charge in [0.15, 0.2) is 17.3 Å². The SMILES string of the molecule is O=C(O)c1cc(Oc2ccccc2F)cnn1. The zero-order valence-corrected chi connectivity index (χ0v) is 8.50. The third kappa shape index (κ3) is 2.54. The first-order valence-corrected chi connectivity index (χ1v) is 4.65. The van der Waals surface area contributed by atoms with Gasteiger partial charge in [-0.2, -0.15) is 5.10 Å². The Labute approximate surface area is 95.5 Å². The van der Waals surface area contributed by atoms with Crippen molar-refractivity contribution in [3.8, 4) is 11.5 Å². The first kappa shape index (κ1) is 11.0. The normalized spacial score (nSPS) is 9.94. The highest BCUT2D eigenvalue weighted by Crippen LogP contribution is 2.23. The van der Waals surface area contributed by atoms with Crippen molar-refractivity contribution in [3.63, 3.8) is 0 Å². The Morgan fingerprint density at radius 2 is 2.12 bits per heavy atom. The first-order chi connectivity index (χ1) is 8.16. The maximum atomic E-state index is 13.3. The van der Waals surface area contributed by atoms with Gasteiger partial charge in [-0.05, 0) is 12.1 Å². The van der Waals surface area contributed by atoms with Gasteiger partial charge in [-0.1, -0.05) is 12.1 Å². The van der Waals surface area contributed by atoms with Gasteiger partial charge in [-0.15, -0.1) is 5.10 Å². The summed E-state index contributed by atoms with van der Waals surface area (Å²) in [5.74, 6) is -1.66. The lowest BCUT2D eigenvalue weighted by Crippen LogP contribution is -2.02. The second-order valence-electron chi connectivity index (χ2n) is 3.11. The summed E-state index contributed by atoms with van der Waals surface area (Å²) in [4.78, 5) is 10.6. The van der Waals surface area contributed by atoms with Crippen molar-refractivity contribution in [2.45, 2.75) is 0 Å². The molecule has 1 N–H and O–H groups in total. The summed E-state index contributed by atoms with van der Waals surface area (Å²) in [5, 5.41) is 15.5. The fourth-order valence-electron chi connectivity index (χ4n) is 1.16. The third-order valence-electron chi connectivity index (χ3n) is 1.91. The molecule has 0 spiro atoms. The van der Waals surface area contributed by atoms with Crippen LogP contribution in [0.1, 0.15) is 10.5 Å². The van der Waals surface area contributed by atoms with Crippen LogP contribution in [-0.4, -0.2) is 21.3 Å². The standard InChI is InChI=1S/C11H7FN2O3/c12-8-3-1-2-4-10(8)17-7-5-9(11(15)16)14-13-6-7/h1-6H,(H,15,16). The molecule has 6 heteroatoms. The van der Waals surface area contributed by atoms with E-state index in [9.17, 15) is 9.18 Å². The number of rotatable bonds is 3. The predicted octanol–water partition coefficient (Wildman–Crippen LogP) is 2.11. The Morgan fingerprint density at radius 3 is 2.82 bits per heavy atom. The second-order valence-corrected chi connectivity index (χ2v) is 3.11. The molecule has 0 aliphatic carbocycles. The van der Waals surface area contributed by atoms with Crippen LogP contribution in [0.5, 0.6) is 11.5 Å². The van der Waals surface area contributed by atoms with E-state index in [1.54, 1.807) is 6.07 Å². The summed E-state index contributed by atoms with van der Waals surface area (Å²) < 4.78 is 18.4. The van der Waals surface area contributed by atoms with Gasteiger partial charge >= 0.3 is 5.97 Å². The summed E-state index contributed by atoms with van der Waals surface area (Å²) in [5.41, 5.74) is -0.265. The average molecular weight is 234 g/mol. The second kappa shape index (κ2) is 4.56. The third-order valence-corrected chi connectivity index (χ3v) is 1.91. The molecule has 0 atom stereocenters. The molecule has 0 bridgehead atoms. The maximum Gasteiger partial charge on any atom is 0.356 e. The van der Waals surface area contributed by atoms with Gasteiger partial charge in [0.2, 0.25) is 0 Å². The van der Waals surface area contributed by atoms with E-state index in [-0.39, 0.29) is 17.2 Å². The van der Waals surface area contributed by atoms with Gasteiger partial charge in [-0.3, -0.25) is 0 Å². The lowest BCUT2D eigenvalue weighted by atomic mass is 10.3. The summed E-state index contributed by atoms with van der Waals surface area (Å²) in [6, 6.07) is 6.96. The lowest BCUT2D eigenvalue weighted by molar-refractivity contribution is 0.0688. The van der Waals surface area contributed by atoms with Crippen molar-refractivity contribution in [1.82, 2.24) is 10.2 Å². The van der Waals surface area contributed by atoms with Crippen molar-refractivity contribution in [2.75, 3.05) is 0 Å². The Balaban J connectivity index is 2.28. The number of carboxylic acid groups (broad SMARTS) is 1. The minimum absolute atomic E-state index is 0.00293. The van der Waals surface area contributed by atoms with Crippen LogP contribution in [0.15, 0.2) is 36.5 Å². The van der Waals surface area contributed by atoms with E-state index in [0.717, 1.165) is 0 Å². The van der Waals surface area contributed by atoms with Crippen molar-refractivity contribution >= 4 is 5.97 Å². The van der Waals surface area contributed by atoms with Crippen LogP contribution in [0.25, 0.3) is 0 Å². The predicted molar refractivity (Wildman–Crippen MR) is 55.5 cm³/mol. The van der Waals surface area contributed by atoms with E-state index in [1.807, 2.05) is 0 Å². The molecule has 17 heavy (non-hydrogen) atoms. The topological polar surface area (TPSA) is 72.3 Å². The van der Waals surface area contributed by atoms with Gasteiger partial charge in [-0.25, -0.2) is 9.18 Å². The van der Waals surface area contributed by atoms with E-state index < -0.39 is 11.8 Å². The lowest BCUT2D eigenvalue weighted by Gasteiger charge is -2.05. The van der Waals surface area contributed by atoms with Crippen LogP contribution in [0.2, 0.25) is 0 Å². The summed E-state index contributed by atoms with van der Waals surface area (Å²) in [6.07, 6.45) is 1.21. The van der Waals surface area contributed by atoms with Crippen LogP contribution in [0.4, 0.5) is 4.39 Å². The van der Waals surface area contributed by atoms with E-state index in [2.05, 4.69) is 10.2 Å². The van der Waals surface area contributed by atoms with Crippen molar-refractivity contribution in [2.24, 2.45) is 0 Å². The Morgan fingerprint density at radius 1 is 1.35 bits per heavy atom. The van der Waals surface area contributed by atoms with E-state index in [0.29, 0.717) is 0 Å². The first-order valence-electron chi connectivity index (χ1n) is 4.65. The van der Waals surface area contributed by atoms with Crippen LogP contribution in [-0.2, 0) is 0 Å². The molecule has 2 rings (SSSR count). The molecule has 0 aliphatic heterocycles. The Kier molecular flexibility index (Phi) is 2.95. The molecular weight excluding hydrogens is 227 g/mol. The molecule has 1 aromatic carbocycles. The number of aromatic carboxylic acids is 1. The molecule has 0 saturated heterocycles. The minimum atomic E-state index is -1.23. The highest BCUT2D eigenvalue weighted by molar-refractivity contribution is 5.85. The number of hydrogen-bond donors (Lipinski definition) is 1. The van der Waals surface area contributed by atoms with Gasteiger partial charge in [0.1, 0.15) is 5.75 Å².